The first kappa shape index (κ1) is 16.3. The summed E-state index contributed by atoms with van der Waals surface area (Å²) < 4.78 is 5.51. The highest BCUT2D eigenvalue weighted by Crippen LogP contribution is 2.22. The highest BCUT2D eigenvalue weighted by atomic mass is 16.5. The molecule has 0 aromatic heterocycles. The lowest BCUT2D eigenvalue weighted by atomic mass is 9.94. The lowest BCUT2D eigenvalue weighted by Crippen LogP contribution is -2.57. The van der Waals surface area contributed by atoms with Crippen molar-refractivity contribution in [3.63, 3.8) is 0 Å². The molecule has 0 bridgehead atoms. The van der Waals surface area contributed by atoms with Gasteiger partial charge in [-0.2, -0.15) is 0 Å². The zero-order valence-corrected chi connectivity index (χ0v) is 13.7. The number of hydrogen-bond donors (Lipinski definition) is 1. The van der Waals surface area contributed by atoms with Crippen LogP contribution in [0, 0.1) is 11.8 Å². The van der Waals surface area contributed by atoms with Crippen LogP contribution in [0.4, 0.5) is 0 Å². The fourth-order valence-electron chi connectivity index (χ4n) is 3.76. The molecule has 2 aliphatic rings. The first-order valence-corrected chi connectivity index (χ1v) is 8.74. The fraction of sp³-hybridized carbons (Fsp3) is 1.00. The van der Waals surface area contributed by atoms with Gasteiger partial charge in [0.25, 0.3) is 0 Å². The lowest BCUT2D eigenvalue weighted by Gasteiger charge is -2.43. The molecule has 0 spiro atoms. The third-order valence-corrected chi connectivity index (χ3v) is 4.82. The van der Waals surface area contributed by atoms with Crippen LogP contribution in [-0.4, -0.2) is 49.8 Å². The second-order valence-electron chi connectivity index (χ2n) is 7.19. The summed E-state index contributed by atoms with van der Waals surface area (Å²) in [7, 11) is 0. The molecule has 0 saturated carbocycles. The van der Waals surface area contributed by atoms with E-state index in [0.717, 1.165) is 31.1 Å². The molecule has 118 valence electrons. The van der Waals surface area contributed by atoms with Gasteiger partial charge in [0.1, 0.15) is 0 Å². The summed E-state index contributed by atoms with van der Waals surface area (Å²) in [5.41, 5.74) is 0. The summed E-state index contributed by atoms with van der Waals surface area (Å²) in [6.45, 7) is 12.7. The number of piperazine rings is 1. The third kappa shape index (κ3) is 5.01. The van der Waals surface area contributed by atoms with Gasteiger partial charge >= 0.3 is 0 Å². The van der Waals surface area contributed by atoms with E-state index in [1.54, 1.807) is 0 Å². The molecule has 2 atom stereocenters. The van der Waals surface area contributed by atoms with Crippen LogP contribution in [-0.2, 0) is 4.74 Å². The molecule has 2 saturated heterocycles. The summed E-state index contributed by atoms with van der Waals surface area (Å²) in [5, 5.41) is 3.79. The van der Waals surface area contributed by atoms with Crippen molar-refractivity contribution < 1.29 is 4.74 Å². The average molecular weight is 282 g/mol. The molecule has 0 amide bonds. The van der Waals surface area contributed by atoms with Gasteiger partial charge in [0.15, 0.2) is 0 Å². The molecule has 2 unspecified atom stereocenters. The minimum absolute atomic E-state index is 0.697. The summed E-state index contributed by atoms with van der Waals surface area (Å²) in [4.78, 5) is 2.79. The monoisotopic (exact) mass is 282 g/mol. The summed E-state index contributed by atoms with van der Waals surface area (Å²) in [6.07, 6.45) is 6.47. The van der Waals surface area contributed by atoms with E-state index in [2.05, 4.69) is 31.0 Å². The highest BCUT2D eigenvalue weighted by molar-refractivity contribution is 4.87. The van der Waals surface area contributed by atoms with Crippen molar-refractivity contribution >= 4 is 0 Å². The van der Waals surface area contributed by atoms with E-state index in [0.29, 0.717) is 6.04 Å². The molecule has 2 rings (SSSR count). The van der Waals surface area contributed by atoms with Crippen molar-refractivity contribution in [2.45, 2.75) is 65.0 Å². The summed E-state index contributed by atoms with van der Waals surface area (Å²) in [6, 6.07) is 1.45. The predicted molar refractivity (Wildman–Crippen MR) is 85.1 cm³/mol. The first-order valence-electron chi connectivity index (χ1n) is 8.74. The molecule has 3 nitrogen and oxygen atoms in total. The van der Waals surface area contributed by atoms with Crippen molar-refractivity contribution in [2.75, 3.05) is 32.8 Å². The minimum atomic E-state index is 0.697. The van der Waals surface area contributed by atoms with Crippen LogP contribution in [0.3, 0.4) is 0 Å². The second-order valence-corrected chi connectivity index (χ2v) is 7.19. The maximum absolute atomic E-state index is 5.51. The van der Waals surface area contributed by atoms with Gasteiger partial charge in [0, 0.05) is 44.9 Å². The zero-order chi connectivity index (χ0) is 14.4. The van der Waals surface area contributed by atoms with Gasteiger partial charge in [-0.05, 0) is 37.5 Å². The van der Waals surface area contributed by atoms with Crippen LogP contribution < -0.4 is 5.32 Å². The Bertz CT molecular complexity index is 264. The fourth-order valence-corrected chi connectivity index (χ4v) is 3.76. The van der Waals surface area contributed by atoms with E-state index in [9.17, 15) is 0 Å². The standard InChI is InChI=1S/C17H34N2O/c1-4-5-17-11-18-16(10-14(2)3)13-19(17)12-15-6-8-20-9-7-15/h14-18H,4-13H2,1-3H3. The van der Waals surface area contributed by atoms with E-state index in [1.165, 1.54) is 51.7 Å². The van der Waals surface area contributed by atoms with E-state index in [4.69, 9.17) is 4.74 Å². The number of nitrogens with zero attached hydrogens (tertiary/aromatic N) is 1. The number of hydrogen-bond acceptors (Lipinski definition) is 3. The molecule has 0 radical (unpaired) electrons. The number of nitrogens with one attached hydrogen (secondary N) is 1. The molecule has 2 fully saturated rings. The van der Waals surface area contributed by atoms with Crippen LogP contribution in [0.5, 0.6) is 0 Å². The Labute approximate surface area is 125 Å². The summed E-state index contributed by atoms with van der Waals surface area (Å²) >= 11 is 0. The van der Waals surface area contributed by atoms with Crippen LogP contribution >= 0.6 is 0 Å². The Morgan fingerprint density at radius 2 is 2.00 bits per heavy atom. The van der Waals surface area contributed by atoms with Gasteiger partial charge < -0.3 is 10.1 Å². The number of rotatable bonds is 6. The van der Waals surface area contributed by atoms with Crippen molar-refractivity contribution in [1.29, 1.82) is 0 Å². The Morgan fingerprint density at radius 1 is 1.25 bits per heavy atom. The van der Waals surface area contributed by atoms with Gasteiger partial charge in [0.2, 0.25) is 0 Å². The van der Waals surface area contributed by atoms with Crippen LogP contribution in [0.15, 0.2) is 0 Å². The van der Waals surface area contributed by atoms with Crippen LogP contribution in [0.25, 0.3) is 0 Å². The smallest absolute Gasteiger partial charge is 0.0469 e. The highest BCUT2D eigenvalue weighted by Gasteiger charge is 2.29. The molecular weight excluding hydrogens is 248 g/mol. The molecule has 3 heteroatoms. The predicted octanol–water partition coefficient (Wildman–Crippen LogP) is 2.90. The maximum Gasteiger partial charge on any atom is 0.0469 e. The summed E-state index contributed by atoms with van der Waals surface area (Å²) in [5.74, 6) is 1.65. The molecule has 0 aromatic rings. The maximum atomic E-state index is 5.51. The number of ether oxygens (including phenoxy) is 1. The van der Waals surface area contributed by atoms with E-state index in [1.807, 2.05) is 0 Å². The van der Waals surface area contributed by atoms with Crippen molar-refractivity contribution in [1.82, 2.24) is 10.2 Å². The van der Waals surface area contributed by atoms with Crippen molar-refractivity contribution in [3.8, 4) is 0 Å². The molecule has 0 aliphatic carbocycles. The minimum Gasteiger partial charge on any atom is -0.381 e. The lowest BCUT2D eigenvalue weighted by molar-refractivity contribution is 0.0327. The molecule has 2 heterocycles. The van der Waals surface area contributed by atoms with E-state index in [-0.39, 0.29) is 0 Å². The molecular formula is C17H34N2O. The van der Waals surface area contributed by atoms with Crippen molar-refractivity contribution in [2.24, 2.45) is 11.8 Å². The molecule has 20 heavy (non-hydrogen) atoms. The van der Waals surface area contributed by atoms with Crippen molar-refractivity contribution in [3.05, 3.63) is 0 Å². The van der Waals surface area contributed by atoms with Gasteiger partial charge in [-0.1, -0.05) is 27.2 Å². The Morgan fingerprint density at radius 3 is 2.65 bits per heavy atom. The van der Waals surface area contributed by atoms with Crippen LogP contribution in [0.1, 0.15) is 52.9 Å². The molecule has 2 aliphatic heterocycles. The van der Waals surface area contributed by atoms with Gasteiger partial charge in [-0.15, -0.1) is 0 Å². The SMILES string of the molecule is CCCC1CNC(CC(C)C)CN1CC1CCOCC1. The van der Waals surface area contributed by atoms with Gasteiger partial charge in [-0.25, -0.2) is 0 Å². The molecule has 0 aromatic carbocycles. The van der Waals surface area contributed by atoms with E-state index >= 15 is 0 Å². The third-order valence-electron chi connectivity index (χ3n) is 4.82. The first-order chi connectivity index (χ1) is 9.69. The Balaban J connectivity index is 1.87. The van der Waals surface area contributed by atoms with Gasteiger partial charge in [0.05, 0.1) is 0 Å². The Kier molecular flexibility index (Phi) is 6.79. The topological polar surface area (TPSA) is 24.5 Å². The Hall–Kier alpha value is -0.120. The largest absolute Gasteiger partial charge is 0.381 e. The quantitative estimate of drug-likeness (QED) is 0.811. The van der Waals surface area contributed by atoms with E-state index < -0.39 is 0 Å². The van der Waals surface area contributed by atoms with Gasteiger partial charge in [-0.3, -0.25) is 4.90 Å². The second kappa shape index (κ2) is 8.35. The zero-order valence-electron chi connectivity index (χ0n) is 13.7. The van der Waals surface area contributed by atoms with Crippen LogP contribution in [0.2, 0.25) is 0 Å². The average Bonchev–Trinajstić information content (AvgIpc) is 2.42. The normalized spacial score (nSPS) is 30.0. The molecule has 1 N–H and O–H groups in total.